The van der Waals surface area contributed by atoms with Crippen LogP contribution in [-0.4, -0.2) is 33.4 Å². The fraction of sp³-hybridized carbons (Fsp3) is 0.500. The highest BCUT2D eigenvalue weighted by Crippen LogP contribution is 1.92. The van der Waals surface area contributed by atoms with Crippen LogP contribution in [-0.2, 0) is 16.5 Å². The van der Waals surface area contributed by atoms with Gasteiger partial charge in [0.1, 0.15) is 6.61 Å². The van der Waals surface area contributed by atoms with E-state index in [0.717, 1.165) is 0 Å². The second-order valence-electron chi connectivity index (χ2n) is 1.62. The van der Waals surface area contributed by atoms with Crippen LogP contribution in [0.4, 0.5) is 4.79 Å². The van der Waals surface area contributed by atoms with E-state index in [4.69, 9.17) is 0 Å². The summed E-state index contributed by atoms with van der Waals surface area (Å²) in [6, 6.07) is 0. The van der Waals surface area contributed by atoms with Crippen LogP contribution in [0.5, 0.6) is 0 Å². The summed E-state index contributed by atoms with van der Waals surface area (Å²) >= 11 is 0. The first kappa shape index (κ1) is 7.61. The van der Waals surface area contributed by atoms with Crippen molar-refractivity contribution in [3.8, 4) is 0 Å². The zero-order chi connectivity index (χ0) is 8.27. The Morgan fingerprint density at radius 3 is 3.00 bits per heavy atom. The molecule has 1 rings (SSSR count). The average Bonchev–Trinajstić information content (AvgIpc) is 2.50. The molecule has 0 saturated carbocycles. The molecule has 1 heterocycles. The number of carbonyl (C=O) groups is 1. The number of carbonyl (C=O) groups excluding carboxylic acids is 1. The van der Waals surface area contributed by atoms with Gasteiger partial charge in [-0.15, -0.1) is 9.78 Å². The first-order valence-corrected chi connectivity index (χ1v) is 2.73. The number of methoxy groups -OCH3 is 1. The van der Waals surface area contributed by atoms with Crippen molar-refractivity contribution in [3.05, 3.63) is 5.82 Å². The van der Waals surface area contributed by atoms with E-state index in [1.165, 1.54) is 7.11 Å². The summed E-state index contributed by atoms with van der Waals surface area (Å²) in [5.74, 6) is -0.0585. The topological polar surface area (TPSA) is 89.8 Å². The highest BCUT2D eigenvalue weighted by molar-refractivity contribution is 5.69. The Balaban J connectivity index is 2.92. The summed E-state index contributed by atoms with van der Waals surface area (Å²) in [5.41, 5.74) is 0. The minimum atomic E-state index is -0.763. The number of rotatable bonds is 1. The Morgan fingerprint density at radius 1 is 1.73 bits per heavy atom. The third-order valence-corrected chi connectivity index (χ3v) is 1.01. The van der Waals surface area contributed by atoms with Crippen LogP contribution in [0.2, 0.25) is 0 Å². The van der Waals surface area contributed by atoms with Gasteiger partial charge in [0.2, 0.25) is 0 Å². The van der Waals surface area contributed by atoms with E-state index in [9.17, 15) is 9.90 Å². The molecule has 0 aliphatic rings. The van der Waals surface area contributed by atoms with E-state index in [1.807, 2.05) is 0 Å². The Morgan fingerprint density at radius 2 is 2.45 bits per heavy atom. The molecule has 0 fully saturated rings. The van der Waals surface area contributed by atoms with E-state index in [1.54, 1.807) is 0 Å². The van der Waals surface area contributed by atoms with Crippen molar-refractivity contribution in [2.75, 3.05) is 7.11 Å². The third-order valence-electron chi connectivity index (χ3n) is 1.01. The molecule has 0 amide bonds. The molecule has 0 saturated heterocycles. The molecule has 0 unspecified atom stereocenters. The van der Waals surface area contributed by atoms with Gasteiger partial charge in [-0.1, -0.05) is 0 Å². The molecule has 7 nitrogen and oxygen atoms in total. The minimum absolute atomic E-state index is 0.0585. The third kappa shape index (κ3) is 1.32. The van der Waals surface area contributed by atoms with Crippen molar-refractivity contribution >= 4 is 6.09 Å². The Labute approximate surface area is 61.6 Å². The number of aromatic nitrogens is 4. The molecule has 0 aliphatic heterocycles. The first-order chi connectivity index (χ1) is 5.29. The number of nitrogens with zero attached hydrogens (tertiary/aromatic N) is 4. The fourth-order valence-corrected chi connectivity index (χ4v) is 0.524. The summed E-state index contributed by atoms with van der Waals surface area (Å²) in [6.45, 7) is -0.651. The molecule has 7 heteroatoms. The van der Waals surface area contributed by atoms with Crippen LogP contribution in [0, 0.1) is 0 Å². The fourth-order valence-electron chi connectivity index (χ4n) is 0.524. The average molecular weight is 157 g/mol. The van der Waals surface area contributed by atoms with Gasteiger partial charge in [-0.05, 0) is 10.4 Å². The maximum atomic E-state index is 10.7. The molecule has 11 heavy (non-hydrogen) atoms. The lowest BCUT2D eigenvalue weighted by Crippen LogP contribution is -2.16. The molecule has 0 N–H and O–H groups in total. The smallest absolute Gasteiger partial charge is 0.437 e. The predicted octanol–water partition coefficient (Wildman–Crippen LogP) is -0.782. The Hall–Kier alpha value is -1.50. The monoisotopic (exact) mass is 157 g/mol. The molecule has 0 aromatic carbocycles. The SMILES string of the molecule is COC(=O)n1nnnc1C[O]. The van der Waals surface area contributed by atoms with Gasteiger partial charge in [-0.3, -0.25) is 0 Å². The zero-order valence-electron chi connectivity index (χ0n) is 5.72. The Bertz CT molecular complexity index is 258. The van der Waals surface area contributed by atoms with Gasteiger partial charge in [0, 0.05) is 0 Å². The number of tetrazole rings is 1. The number of hydrogen-bond donors (Lipinski definition) is 0. The molecule has 0 bridgehead atoms. The van der Waals surface area contributed by atoms with Gasteiger partial charge in [-0.25, -0.2) is 9.90 Å². The van der Waals surface area contributed by atoms with Gasteiger partial charge in [0.05, 0.1) is 7.11 Å². The molecule has 1 aromatic rings. The lowest BCUT2D eigenvalue weighted by atomic mass is 10.7. The standard InChI is InChI=1S/C4H5N4O3/c1-11-4(10)8-3(2-9)5-6-7-8/h2H2,1H3. The molecule has 0 atom stereocenters. The summed E-state index contributed by atoms with van der Waals surface area (Å²) in [4.78, 5) is 10.7. The lowest BCUT2D eigenvalue weighted by molar-refractivity contribution is 0.149. The summed E-state index contributed by atoms with van der Waals surface area (Å²) < 4.78 is 5.00. The van der Waals surface area contributed by atoms with E-state index in [-0.39, 0.29) is 5.82 Å². The molecule has 1 aromatic heterocycles. The van der Waals surface area contributed by atoms with Gasteiger partial charge >= 0.3 is 6.09 Å². The van der Waals surface area contributed by atoms with Gasteiger partial charge in [0.15, 0.2) is 5.82 Å². The summed E-state index contributed by atoms with van der Waals surface area (Å²) in [6.07, 6.45) is -0.763. The normalized spacial score (nSPS) is 9.64. The Kier molecular flexibility index (Phi) is 2.12. The highest BCUT2D eigenvalue weighted by atomic mass is 16.5. The van der Waals surface area contributed by atoms with Crippen molar-refractivity contribution in [3.63, 3.8) is 0 Å². The maximum Gasteiger partial charge on any atom is 0.437 e. The van der Waals surface area contributed by atoms with E-state index >= 15 is 0 Å². The van der Waals surface area contributed by atoms with Crippen molar-refractivity contribution in [1.29, 1.82) is 0 Å². The van der Waals surface area contributed by atoms with E-state index in [0.29, 0.717) is 4.68 Å². The maximum absolute atomic E-state index is 10.7. The molecular formula is C4H5N4O3. The second-order valence-corrected chi connectivity index (χ2v) is 1.62. The van der Waals surface area contributed by atoms with Crippen LogP contribution in [0.1, 0.15) is 5.82 Å². The van der Waals surface area contributed by atoms with E-state index < -0.39 is 12.7 Å². The van der Waals surface area contributed by atoms with Crippen LogP contribution >= 0.6 is 0 Å². The molecule has 0 spiro atoms. The molecule has 1 radical (unpaired) electrons. The van der Waals surface area contributed by atoms with Crippen molar-refractivity contribution in [1.82, 2.24) is 20.2 Å². The molecule has 0 aliphatic carbocycles. The van der Waals surface area contributed by atoms with Gasteiger partial charge < -0.3 is 4.74 Å². The van der Waals surface area contributed by atoms with Gasteiger partial charge in [0.25, 0.3) is 0 Å². The molecule has 59 valence electrons. The number of ether oxygens (including phenoxy) is 1. The lowest BCUT2D eigenvalue weighted by Gasteiger charge is -1.96. The van der Waals surface area contributed by atoms with Gasteiger partial charge in [-0.2, -0.15) is 0 Å². The quantitative estimate of drug-likeness (QED) is 0.498. The van der Waals surface area contributed by atoms with Crippen molar-refractivity contribution in [2.24, 2.45) is 0 Å². The van der Waals surface area contributed by atoms with Crippen molar-refractivity contribution in [2.45, 2.75) is 6.61 Å². The minimum Gasteiger partial charge on any atom is -0.451 e. The second kappa shape index (κ2) is 3.06. The largest absolute Gasteiger partial charge is 0.451 e. The van der Waals surface area contributed by atoms with Crippen LogP contribution in [0.15, 0.2) is 0 Å². The number of hydrogen-bond acceptors (Lipinski definition) is 5. The van der Waals surface area contributed by atoms with Crippen LogP contribution in [0.25, 0.3) is 0 Å². The zero-order valence-corrected chi connectivity index (χ0v) is 5.72. The van der Waals surface area contributed by atoms with Crippen LogP contribution in [0.3, 0.4) is 0 Å². The summed E-state index contributed by atoms with van der Waals surface area (Å²) in [5, 5.41) is 19.9. The van der Waals surface area contributed by atoms with E-state index in [2.05, 4.69) is 20.3 Å². The van der Waals surface area contributed by atoms with Crippen molar-refractivity contribution < 1.29 is 14.6 Å². The highest BCUT2D eigenvalue weighted by Gasteiger charge is 2.12. The van der Waals surface area contributed by atoms with Crippen LogP contribution < -0.4 is 0 Å². The molecular weight excluding hydrogens is 152 g/mol. The predicted molar refractivity (Wildman–Crippen MR) is 30.0 cm³/mol. The first-order valence-electron chi connectivity index (χ1n) is 2.73. The summed E-state index contributed by atoms with van der Waals surface area (Å²) in [7, 11) is 1.18.